The van der Waals surface area contributed by atoms with Crippen molar-refractivity contribution >= 4 is 39.8 Å². The maximum absolute atomic E-state index is 12.1. The van der Waals surface area contributed by atoms with Crippen LogP contribution in [0.3, 0.4) is 0 Å². The molecule has 7 nitrogen and oxygen atoms in total. The first-order chi connectivity index (χ1) is 11.1. The molecule has 2 aliphatic rings. The topological polar surface area (TPSA) is 92.0 Å². The fourth-order valence-electron chi connectivity index (χ4n) is 2.91. The van der Waals surface area contributed by atoms with Gasteiger partial charge in [-0.05, 0) is 17.5 Å². The number of carbonyl (C=O) groups is 2. The molecule has 1 fully saturated rings. The Labute approximate surface area is 134 Å². The number of para-hydroxylation sites is 1. The number of carboxylic acid groups (broad SMARTS) is 1. The zero-order valence-corrected chi connectivity index (χ0v) is 12.6. The highest BCUT2D eigenvalue weighted by molar-refractivity contribution is 8.08. The first kappa shape index (κ1) is 14.2. The maximum Gasteiger partial charge on any atom is 0.512 e. The van der Waals surface area contributed by atoms with Gasteiger partial charge in [0, 0.05) is 6.20 Å². The number of nitrogens with zero attached hydrogens (tertiary/aromatic N) is 2. The second-order valence-corrected chi connectivity index (χ2v) is 6.33. The summed E-state index contributed by atoms with van der Waals surface area (Å²) < 4.78 is 6.68. The van der Waals surface area contributed by atoms with Crippen LogP contribution in [0.4, 0.5) is 4.79 Å². The highest BCUT2D eigenvalue weighted by atomic mass is 32.2. The first-order valence-corrected chi connectivity index (χ1v) is 7.82. The molecule has 2 aliphatic heterocycles. The van der Waals surface area contributed by atoms with Crippen LogP contribution in [-0.4, -0.2) is 43.7 Å². The minimum absolute atomic E-state index is 0.00329. The van der Waals surface area contributed by atoms with E-state index in [1.54, 1.807) is 4.57 Å². The molecule has 2 aromatic rings. The molecule has 8 heteroatoms. The van der Waals surface area contributed by atoms with Gasteiger partial charge in [0.05, 0.1) is 18.0 Å². The standard InChI is InChI=1S/C15H12N2O5S/c18-7-9-11(19)17-12(22-15(20)21)14(23-13(9)17)16-6-5-8-3-1-2-4-10(8)16/h1-6,9,13,18H,7H2,(H,20,21)/t9-,13+/m0/s1. The van der Waals surface area contributed by atoms with Crippen molar-refractivity contribution in [3.63, 3.8) is 0 Å². The lowest BCUT2D eigenvalue weighted by atomic mass is 10.00. The van der Waals surface area contributed by atoms with Crippen molar-refractivity contribution in [3.05, 3.63) is 42.4 Å². The Balaban J connectivity index is 1.83. The van der Waals surface area contributed by atoms with E-state index in [9.17, 15) is 14.7 Å². The molecule has 3 heterocycles. The Morgan fingerprint density at radius 2 is 2.09 bits per heavy atom. The van der Waals surface area contributed by atoms with Gasteiger partial charge >= 0.3 is 6.16 Å². The number of aliphatic hydroxyl groups excluding tert-OH is 1. The molecule has 118 valence electrons. The minimum Gasteiger partial charge on any atom is -0.449 e. The fraction of sp³-hybridized carbons (Fsp3) is 0.200. The van der Waals surface area contributed by atoms with Crippen LogP contribution in [0.15, 0.2) is 42.4 Å². The number of hydrogen-bond acceptors (Lipinski definition) is 5. The first-order valence-electron chi connectivity index (χ1n) is 6.94. The van der Waals surface area contributed by atoms with Gasteiger partial charge in [0.1, 0.15) is 10.4 Å². The van der Waals surface area contributed by atoms with E-state index in [1.807, 2.05) is 36.5 Å². The summed E-state index contributed by atoms with van der Waals surface area (Å²) in [5, 5.41) is 19.5. The Morgan fingerprint density at radius 3 is 2.83 bits per heavy atom. The third kappa shape index (κ3) is 1.95. The summed E-state index contributed by atoms with van der Waals surface area (Å²) in [5.74, 6) is -0.858. The Bertz CT molecular complexity index is 858. The zero-order valence-electron chi connectivity index (χ0n) is 11.7. The summed E-state index contributed by atoms with van der Waals surface area (Å²) in [7, 11) is 0. The quantitative estimate of drug-likeness (QED) is 0.659. The zero-order chi connectivity index (χ0) is 16.1. The van der Waals surface area contributed by atoms with E-state index in [0.717, 1.165) is 10.9 Å². The molecule has 2 N–H and O–H groups in total. The molecule has 1 amide bonds. The van der Waals surface area contributed by atoms with Crippen LogP contribution in [0.2, 0.25) is 0 Å². The summed E-state index contributed by atoms with van der Waals surface area (Å²) in [6, 6.07) is 9.55. The van der Waals surface area contributed by atoms with Crippen molar-refractivity contribution in [1.82, 2.24) is 9.47 Å². The minimum atomic E-state index is -1.48. The van der Waals surface area contributed by atoms with Gasteiger partial charge in [0.25, 0.3) is 0 Å². The van der Waals surface area contributed by atoms with E-state index in [2.05, 4.69) is 0 Å². The van der Waals surface area contributed by atoms with Crippen molar-refractivity contribution in [1.29, 1.82) is 0 Å². The van der Waals surface area contributed by atoms with Gasteiger partial charge < -0.3 is 19.5 Å². The van der Waals surface area contributed by atoms with Gasteiger partial charge in [0.2, 0.25) is 11.8 Å². The van der Waals surface area contributed by atoms with Gasteiger partial charge in [-0.3, -0.25) is 9.69 Å². The van der Waals surface area contributed by atoms with Gasteiger partial charge in [-0.15, -0.1) is 0 Å². The van der Waals surface area contributed by atoms with Gasteiger partial charge in [-0.1, -0.05) is 30.0 Å². The van der Waals surface area contributed by atoms with Crippen LogP contribution >= 0.6 is 11.8 Å². The molecular weight excluding hydrogens is 320 g/mol. The van der Waals surface area contributed by atoms with Crippen molar-refractivity contribution in [2.24, 2.45) is 5.92 Å². The highest BCUT2D eigenvalue weighted by Crippen LogP contribution is 2.51. The molecule has 1 saturated heterocycles. The third-order valence-electron chi connectivity index (χ3n) is 3.99. The van der Waals surface area contributed by atoms with E-state index in [-0.39, 0.29) is 23.8 Å². The van der Waals surface area contributed by atoms with E-state index >= 15 is 0 Å². The lowest BCUT2D eigenvalue weighted by molar-refractivity contribution is -0.151. The summed E-state index contributed by atoms with van der Waals surface area (Å²) in [6.45, 7) is -0.271. The van der Waals surface area contributed by atoms with Crippen LogP contribution in [0, 0.1) is 5.92 Å². The number of thioether (sulfide) groups is 1. The highest BCUT2D eigenvalue weighted by Gasteiger charge is 2.56. The second kappa shape index (κ2) is 5.04. The number of ether oxygens (including phenoxy) is 1. The monoisotopic (exact) mass is 332 g/mol. The summed E-state index contributed by atoms with van der Waals surface area (Å²) in [5.41, 5.74) is 0.886. The molecule has 2 atom stereocenters. The third-order valence-corrected chi connectivity index (χ3v) is 5.36. The largest absolute Gasteiger partial charge is 0.512 e. The van der Waals surface area contributed by atoms with Crippen LogP contribution in [-0.2, 0) is 9.53 Å². The summed E-state index contributed by atoms with van der Waals surface area (Å²) in [6.07, 6.45) is 0.332. The smallest absolute Gasteiger partial charge is 0.449 e. The van der Waals surface area contributed by atoms with E-state index in [4.69, 9.17) is 9.84 Å². The molecule has 0 bridgehead atoms. The second-order valence-electron chi connectivity index (χ2n) is 5.23. The maximum atomic E-state index is 12.1. The van der Waals surface area contributed by atoms with Crippen molar-refractivity contribution in [2.45, 2.75) is 5.37 Å². The predicted molar refractivity (Wildman–Crippen MR) is 83.1 cm³/mol. The summed E-state index contributed by atoms with van der Waals surface area (Å²) >= 11 is 1.32. The normalized spacial score (nSPS) is 23.2. The molecule has 0 unspecified atom stereocenters. The molecule has 0 spiro atoms. The van der Waals surface area contributed by atoms with Crippen molar-refractivity contribution in [3.8, 4) is 0 Å². The Hall–Kier alpha value is -2.45. The van der Waals surface area contributed by atoms with Crippen molar-refractivity contribution < 1.29 is 24.5 Å². The molecule has 4 rings (SSSR count). The average molecular weight is 332 g/mol. The average Bonchev–Trinajstić information content (AvgIpc) is 3.06. The van der Waals surface area contributed by atoms with E-state index < -0.39 is 12.1 Å². The number of hydrogen-bond donors (Lipinski definition) is 2. The number of aliphatic hydroxyl groups is 1. The number of β-lactam (4-membered cyclic amide) rings is 1. The number of aromatic nitrogens is 1. The molecule has 23 heavy (non-hydrogen) atoms. The SMILES string of the molecule is O=C(O)OC1=C(n2ccc3ccccc32)S[C@@H]2[C@@H](CO)C(=O)N12. The van der Waals surface area contributed by atoms with Crippen LogP contribution in [0.25, 0.3) is 15.9 Å². The molecule has 0 saturated carbocycles. The number of rotatable bonds is 3. The lowest BCUT2D eigenvalue weighted by Crippen LogP contribution is -2.58. The Morgan fingerprint density at radius 1 is 1.30 bits per heavy atom. The number of fused-ring (bicyclic) bond motifs is 2. The molecular formula is C15H12N2O5S. The number of benzene rings is 1. The molecule has 1 aromatic heterocycles. The lowest BCUT2D eigenvalue weighted by Gasteiger charge is -2.40. The van der Waals surface area contributed by atoms with E-state index in [0.29, 0.717) is 5.03 Å². The molecule has 0 aliphatic carbocycles. The fourth-order valence-corrected chi connectivity index (χ4v) is 4.32. The van der Waals surface area contributed by atoms with Gasteiger partial charge in [0.15, 0.2) is 0 Å². The Kier molecular flexibility index (Phi) is 3.10. The van der Waals surface area contributed by atoms with Crippen molar-refractivity contribution in [2.75, 3.05) is 6.61 Å². The van der Waals surface area contributed by atoms with Crippen LogP contribution < -0.4 is 0 Å². The van der Waals surface area contributed by atoms with E-state index in [1.165, 1.54) is 16.7 Å². The molecule has 1 aromatic carbocycles. The number of carbonyl (C=O) groups excluding carboxylic acids is 1. The number of amides is 1. The molecule has 0 radical (unpaired) electrons. The predicted octanol–water partition coefficient (Wildman–Crippen LogP) is 1.94. The summed E-state index contributed by atoms with van der Waals surface area (Å²) in [4.78, 5) is 24.4. The van der Waals surface area contributed by atoms with Crippen LogP contribution in [0.5, 0.6) is 0 Å². The van der Waals surface area contributed by atoms with Crippen LogP contribution in [0.1, 0.15) is 0 Å². The van der Waals surface area contributed by atoms with Gasteiger partial charge in [-0.25, -0.2) is 4.79 Å². The van der Waals surface area contributed by atoms with Gasteiger partial charge in [-0.2, -0.15) is 0 Å².